The molecule has 1 atom stereocenters. The number of aryl methyl sites for hydroxylation is 1. The Morgan fingerprint density at radius 1 is 1.47 bits per heavy atom. The van der Waals surface area contributed by atoms with E-state index >= 15 is 0 Å². The molecule has 1 heterocycles. The molecule has 0 aliphatic carbocycles. The second kappa shape index (κ2) is 7.12. The fourth-order valence-corrected chi connectivity index (χ4v) is 3.20. The number of hydrogen-bond donors (Lipinski definition) is 1. The molecule has 0 spiro atoms. The van der Waals surface area contributed by atoms with E-state index in [0.717, 1.165) is 21.5 Å². The largest absolute Gasteiger partial charge is 0.392 e. The number of benzene rings is 1. The number of aliphatic hydroxyl groups excluding tert-OH is 1. The van der Waals surface area contributed by atoms with Crippen molar-refractivity contribution in [3.63, 3.8) is 0 Å². The summed E-state index contributed by atoms with van der Waals surface area (Å²) in [4.78, 5) is 1.16. The lowest BCUT2D eigenvalue weighted by Crippen LogP contribution is -2.13. The van der Waals surface area contributed by atoms with Crippen LogP contribution in [-0.4, -0.2) is 26.7 Å². The van der Waals surface area contributed by atoms with Crippen LogP contribution in [0.2, 0.25) is 0 Å². The Hall–Kier alpha value is -0.780. The van der Waals surface area contributed by atoms with Gasteiger partial charge >= 0.3 is 0 Å². The Balaban J connectivity index is 1.82. The normalized spacial score (nSPS) is 12.6. The van der Waals surface area contributed by atoms with Gasteiger partial charge in [-0.1, -0.05) is 22.0 Å². The van der Waals surface area contributed by atoms with Gasteiger partial charge < -0.3 is 5.11 Å². The van der Waals surface area contributed by atoms with Crippen LogP contribution in [0.4, 0.5) is 0 Å². The van der Waals surface area contributed by atoms with Gasteiger partial charge in [0.25, 0.3) is 0 Å². The van der Waals surface area contributed by atoms with Crippen molar-refractivity contribution in [2.75, 3.05) is 5.75 Å². The first kappa shape index (κ1) is 14.6. The van der Waals surface area contributed by atoms with Gasteiger partial charge in [0.2, 0.25) is 0 Å². The maximum Gasteiger partial charge on any atom is 0.0675 e. The zero-order valence-corrected chi connectivity index (χ0v) is 13.2. The van der Waals surface area contributed by atoms with Crippen LogP contribution in [0.15, 0.2) is 46.0 Å². The lowest BCUT2D eigenvalue weighted by Gasteiger charge is -2.09. The van der Waals surface area contributed by atoms with Gasteiger partial charge in [-0.15, -0.1) is 11.8 Å². The topological polar surface area (TPSA) is 38.0 Å². The monoisotopic (exact) mass is 340 g/mol. The standard InChI is InChI=1S/C14H17BrN2OS/c1-2-17-9-11(8-16-17)6-13(18)10-19-14-5-3-4-12(15)7-14/h3-5,7-9,13,18H,2,6,10H2,1H3. The number of halogens is 1. The van der Waals surface area contributed by atoms with Crippen molar-refractivity contribution < 1.29 is 5.11 Å². The van der Waals surface area contributed by atoms with E-state index in [1.807, 2.05) is 29.2 Å². The van der Waals surface area contributed by atoms with E-state index in [1.165, 1.54) is 0 Å². The van der Waals surface area contributed by atoms with Crippen LogP contribution in [0.25, 0.3) is 0 Å². The smallest absolute Gasteiger partial charge is 0.0675 e. The molecule has 2 aromatic rings. The van der Waals surface area contributed by atoms with Gasteiger partial charge in [0.05, 0.1) is 12.3 Å². The van der Waals surface area contributed by atoms with Crippen LogP contribution in [0.5, 0.6) is 0 Å². The number of thioether (sulfide) groups is 1. The van der Waals surface area contributed by atoms with Gasteiger partial charge in [0, 0.05) is 34.3 Å². The van der Waals surface area contributed by atoms with Crippen LogP contribution in [-0.2, 0) is 13.0 Å². The number of hydrogen-bond acceptors (Lipinski definition) is 3. The average molecular weight is 341 g/mol. The first-order chi connectivity index (χ1) is 9.17. The third-order valence-corrected chi connectivity index (χ3v) is 4.35. The molecule has 0 radical (unpaired) electrons. The van der Waals surface area contributed by atoms with E-state index in [4.69, 9.17) is 0 Å². The minimum absolute atomic E-state index is 0.349. The summed E-state index contributed by atoms with van der Waals surface area (Å²) in [6, 6.07) is 8.12. The molecule has 1 N–H and O–H groups in total. The lowest BCUT2D eigenvalue weighted by atomic mass is 10.2. The van der Waals surface area contributed by atoms with Crippen molar-refractivity contribution >= 4 is 27.7 Å². The van der Waals surface area contributed by atoms with Gasteiger partial charge in [0.15, 0.2) is 0 Å². The third kappa shape index (κ3) is 4.67. The third-order valence-electron chi connectivity index (χ3n) is 2.72. The highest BCUT2D eigenvalue weighted by Crippen LogP contribution is 2.23. The number of aliphatic hydroxyl groups is 1. The fourth-order valence-electron chi connectivity index (χ4n) is 1.76. The highest BCUT2D eigenvalue weighted by atomic mass is 79.9. The summed E-state index contributed by atoms with van der Waals surface area (Å²) in [5.74, 6) is 0.688. The van der Waals surface area contributed by atoms with Crippen LogP contribution in [0.3, 0.4) is 0 Å². The predicted octanol–water partition coefficient (Wildman–Crippen LogP) is 3.36. The molecule has 1 aromatic heterocycles. The van der Waals surface area contributed by atoms with Gasteiger partial charge in [-0.2, -0.15) is 5.10 Å². The van der Waals surface area contributed by atoms with E-state index < -0.39 is 0 Å². The summed E-state index contributed by atoms with van der Waals surface area (Å²) < 4.78 is 2.94. The SMILES string of the molecule is CCn1cc(CC(O)CSc2cccc(Br)c2)cn1. The molecule has 19 heavy (non-hydrogen) atoms. The summed E-state index contributed by atoms with van der Waals surface area (Å²) in [6.45, 7) is 2.92. The predicted molar refractivity (Wildman–Crippen MR) is 82.5 cm³/mol. The van der Waals surface area contributed by atoms with Gasteiger partial charge in [-0.05, 0) is 30.7 Å². The van der Waals surface area contributed by atoms with Crippen LogP contribution >= 0.6 is 27.7 Å². The molecule has 1 aromatic carbocycles. The van der Waals surface area contributed by atoms with E-state index in [2.05, 4.69) is 40.1 Å². The first-order valence-corrected chi connectivity index (χ1v) is 8.03. The van der Waals surface area contributed by atoms with Gasteiger partial charge in [-0.25, -0.2) is 0 Å². The van der Waals surface area contributed by atoms with Gasteiger partial charge in [-0.3, -0.25) is 4.68 Å². The molecule has 2 rings (SSSR count). The maximum absolute atomic E-state index is 10.0. The van der Waals surface area contributed by atoms with E-state index in [0.29, 0.717) is 12.2 Å². The Bertz CT molecular complexity index is 530. The number of aromatic nitrogens is 2. The molecule has 0 fully saturated rings. The molecule has 0 bridgehead atoms. The van der Waals surface area contributed by atoms with Crippen LogP contribution in [0, 0.1) is 0 Å². The summed E-state index contributed by atoms with van der Waals surface area (Å²) >= 11 is 5.11. The molecular weight excluding hydrogens is 324 g/mol. The minimum Gasteiger partial charge on any atom is -0.392 e. The fraction of sp³-hybridized carbons (Fsp3) is 0.357. The Morgan fingerprint density at radius 2 is 2.32 bits per heavy atom. The molecule has 102 valence electrons. The Morgan fingerprint density at radius 3 is 3.00 bits per heavy atom. The van der Waals surface area contributed by atoms with E-state index in [1.54, 1.807) is 11.8 Å². The van der Waals surface area contributed by atoms with E-state index in [-0.39, 0.29) is 6.10 Å². The summed E-state index contributed by atoms with van der Waals surface area (Å²) in [6.07, 6.45) is 4.13. The van der Waals surface area contributed by atoms with Crippen molar-refractivity contribution in [3.8, 4) is 0 Å². The molecule has 0 saturated carbocycles. The van der Waals surface area contributed by atoms with Gasteiger partial charge in [0.1, 0.15) is 0 Å². The second-order valence-corrected chi connectivity index (χ2v) is 6.34. The average Bonchev–Trinajstić information content (AvgIpc) is 2.84. The highest BCUT2D eigenvalue weighted by molar-refractivity contribution is 9.10. The quantitative estimate of drug-likeness (QED) is 0.819. The summed E-state index contributed by atoms with van der Waals surface area (Å²) in [5.41, 5.74) is 1.09. The van der Waals surface area contributed by atoms with Crippen molar-refractivity contribution in [3.05, 3.63) is 46.7 Å². The molecule has 0 aliphatic heterocycles. The number of nitrogens with zero attached hydrogens (tertiary/aromatic N) is 2. The summed E-state index contributed by atoms with van der Waals surface area (Å²) in [5, 5.41) is 14.3. The van der Waals surface area contributed by atoms with E-state index in [9.17, 15) is 5.11 Å². The minimum atomic E-state index is -0.349. The zero-order chi connectivity index (χ0) is 13.7. The van der Waals surface area contributed by atoms with Crippen molar-refractivity contribution in [1.82, 2.24) is 9.78 Å². The second-order valence-electron chi connectivity index (χ2n) is 4.33. The first-order valence-electron chi connectivity index (χ1n) is 6.25. The summed E-state index contributed by atoms with van der Waals surface area (Å²) in [7, 11) is 0. The van der Waals surface area contributed by atoms with Crippen LogP contribution in [0.1, 0.15) is 12.5 Å². The number of rotatable bonds is 6. The highest BCUT2D eigenvalue weighted by Gasteiger charge is 2.08. The Kier molecular flexibility index (Phi) is 5.48. The molecule has 3 nitrogen and oxygen atoms in total. The molecule has 1 unspecified atom stereocenters. The molecular formula is C14H17BrN2OS. The Labute approximate surface area is 126 Å². The zero-order valence-electron chi connectivity index (χ0n) is 10.8. The van der Waals surface area contributed by atoms with Crippen molar-refractivity contribution in [1.29, 1.82) is 0 Å². The van der Waals surface area contributed by atoms with Crippen molar-refractivity contribution in [2.45, 2.75) is 30.9 Å². The molecule has 0 amide bonds. The maximum atomic E-state index is 10.0. The van der Waals surface area contributed by atoms with Crippen LogP contribution < -0.4 is 0 Å². The lowest BCUT2D eigenvalue weighted by molar-refractivity contribution is 0.200. The molecule has 5 heteroatoms. The van der Waals surface area contributed by atoms with Crippen molar-refractivity contribution in [2.24, 2.45) is 0 Å². The molecule has 0 saturated heterocycles. The molecule has 0 aliphatic rings.